The van der Waals surface area contributed by atoms with Crippen LogP contribution < -0.4 is 15.0 Å². The summed E-state index contributed by atoms with van der Waals surface area (Å²) in [6.45, 7) is 0.838. The van der Waals surface area contributed by atoms with Crippen molar-refractivity contribution < 1.29 is 4.74 Å². The van der Waals surface area contributed by atoms with Gasteiger partial charge in [-0.2, -0.15) is 0 Å². The van der Waals surface area contributed by atoms with Crippen LogP contribution in [0.25, 0.3) is 0 Å². The first-order valence-corrected chi connectivity index (χ1v) is 7.33. The van der Waals surface area contributed by atoms with E-state index in [0.717, 1.165) is 29.5 Å². The van der Waals surface area contributed by atoms with Gasteiger partial charge in [-0.25, -0.2) is 4.98 Å². The van der Waals surface area contributed by atoms with Crippen LogP contribution in [0.15, 0.2) is 42.5 Å². The van der Waals surface area contributed by atoms with Crippen molar-refractivity contribution in [2.45, 2.75) is 25.4 Å². The van der Waals surface area contributed by atoms with Gasteiger partial charge in [0.2, 0.25) is 0 Å². The summed E-state index contributed by atoms with van der Waals surface area (Å²) in [7, 11) is 3.71. The van der Waals surface area contributed by atoms with Gasteiger partial charge in [0, 0.05) is 31.4 Å². The van der Waals surface area contributed by atoms with E-state index in [1.165, 1.54) is 12.8 Å². The first-order chi connectivity index (χ1) is 10.3. The smallest absolute Gasteiger partial charge is 0.133 e. The van der Waals surface area contributed by atoms with Crippen molar-refractivity contribution in [1.29, 1.82) is 0 Å². The molecule has 3 rings (SSSR count). The van der Waals surface area contributed by atoms with Crippen molar-refractivity contribution in [1.82, 2.24) is 10.3 Å². The fourth-order valence-electron chi connectivity index (χ4n) is 2.24. The van der Waals surface area contributed by atoms with Gasteiger partial charge in [0.25, 0.3) is 0 Å². The van der Waals surface area contributed by atoms with E-state index < -0.39 is 0 Å². The SMILES string of the molecule is COc1cccc(N(C)c2cccc(CNC3CC3)n2)c1. The lowest BCUT2D eigenvalue weighted by Crippen LogP contribution is -2.17. The van der Waals surface area contributed by atoms with E-state index in [9.17, 15) is 0 Å². The highest BCUT2D eigenvalue weighted by atomic mass is 16.5. The Morgan fingerprint density at radius 1 is 1.24 bits per heavy atom. The Balaban J connectivity index is 1.76. The van der Waals surface area contributed by atoms with Crippen LogP contribution in [0.4, 0.5) is 11.5 Å². The molecule has 1 aromatic heterocycles. The topological polar surface area (TPSA) is 37.4 Å². The molecular weight excluding hydrogens is 262 g/mol. The summed E-state index contributed by atoms with van der Waals surface area (Å²) in [5.41, 5.74) is 2.14. The number of anilines is 2. The van der Waals surface area contributed by atoms with Crippen molar-refractivity contribution in [3.8, 4) is 5.75 Å². The molecule has 0 unspecified atom stereocenters. The van der Waals surface area contributed by atoms with Gasteiger partial charge >= 0.3 is 0 Å². The normalized spacial score (nSPS) is 14.0. The summed E-state index contributed by atoms with van der Waals surface area (Å²) >= 11 is 0. The molecule has 1 N–H and O–H groups in total. The first-order valence-electron chi connectivity index (χ1n) is 7.33. The molecule has 0 atom stereocenters. The molecule has 110 valence electrons. The van der Waals surface area contributed by atoms with Crippen LogP contribution in [0.5, 0.6) is 5.75 Å². The number of ether oxygens (including phenoxy) is 1. The van der Waals surface area contributed by atoms with Crippen molar-refractivity contribution >= 4 is 11.5 Å². The summed E-state index contributed by atoms with van der Waals surface area (Å²) in [6.07, 6.45) is 2.59. The van der Waals surface area contributed by atoms with Gasteiger partial charge in [-0.15, -0.1) is 0 Å². The summed E-state index contributed by atoms with van der Waals surface area (Å²) < 4.78 is 5.28. The second-order valence-corrected chi connectivity index (χ2v) is 5.40. The van der Waals surface area contributed by atoms with Crippen molar-refractivity contribution in [2.24, 2.45) is 0 Å². The fraction of sp³-hybridized carbons (Fsp3) is 0.353. The van der Waals surface area contributed by atoms with Gasteiger partial charge in [-0.05, 0) is 37.1 Å². The zero-order valence-corrected chi connectivity index (χ0v) is 12.5. The standard InChI is InChI=1S/C17H21N3O/c1-20(15-6-4-7-16(11-15)21-2)17-8-3-5-14(19-17)12-18-13-9-10-13/h3-8,11,13,18H,9-10,12H2,1-2H3. The van der Waals surface area contributed by atoms with Crippen LogP contribution in [-0.4, -0.2) is 25.2 Å². The van der Waals surface area contributed by atoms with E-state index in [2.05, 4.69) is 28.4 Å². The molecule has 0 radical (unpaired) electrons. The number of rotatable bonds is 6. The number of pyridine rings is 1. The Labute approximate surface area is 125 Å². The molecule has 4 nitrogen and oxygen atoms in total. The van der Waals surface area contributed by atoms with Crippen molar-refractivity contribution in [3.63, 3.8) is 0 Å². The quantitative estimate of drug-likeness (QED) is 0.884. The van der Waals surface area contributed by atoms with Gasteiger partial charge in [0.15, 0.2) is 0 Å². The molecule has 0 spiro atoms. The largest absolute Gasteiger partial charge is 0.497 e. The number of methoxy groups -OCH3 is 1. The van der Waals surface area contributed by atoms with Crippen molar-refractivity contribution in [3.05, 3.63) is 48.2 Å². The molecule has 2 aromatic rings. The molecule has 1 heterocycles. The number of hydrogen-bond acceptors (Lipinski definition) is 4. The first kappa shape index (κ1) is 13.9. The summed E-state index contributed by atoms with van der Waals surface area (Å²) in [6, 6.07) is 14.9. The molecule has 1 aromatic carbocycles. The average molecular weight is 283 g/mol. The Morgan fingerprint density at radius 2 is 2.05 bits per heavy atom. The molecule has 0 saturated heterocycles. The van der Waals surface area contributed by atoms with Crippen LogP contribution in [-0.2, 0) is 6.54 Å². The maximum Gasteiger partial charge on any atom is 0.133 e. The molecular formula is C17H21N3O. The fourth-order valence-corrected chi connectivity index (χ4v) is 2.24. The van der Waals surface area contributed by atoms with Crippen LogP contribution >= 0.6 is 0 Å². The van der Waals surface area contributed by atoms with E-state index in [4.69, 9.17) is 9.72 Å². The lowest BCUT2D eigenvalue weighted by atomic mass is 10.2. The number of aromatic nitrogens is 1. The van der Waals surface area contributed by atoms with E-state index in [1.54, 1.807) is 7.11 Å². The molecule has 21 heavy (non-hydrogen) atoms. The third-order valence-corrected chi connectivity index (χ3v) is 3.73. The van der Waals surface area contributed by atoms with E-state index in [0.29, 0.717) is 6.04 Å². The minimum absolute atomic E-state index is 0.701. The van der Waals surface area contributed by atoms with Crippen molar-refractivity contribution in [2.75, 3.05) is 19.1 Å². The molecule has 1 aliphatic rings. The van der Waals surface area contributed by atoms with Gasteiger partial charge in [0.05, 0.1) is 12.8 Å². The molecule has 1 fully saturated rings. The number of nitrogens with zero attached hydrogens (tertiary/aromatic N) is 2. The second kappa shape index (κ2) is 6.14. The third-order valence-electron chi connectivity index (χ3n) is 3.73. The predicted octanol–water partition coefficient (Wildman–Crippen LogP) is 3.11. The molecule has 1 saturated carbocycles. The van der Waals surface area contributed by atoms with Crippen LogP contribution in [0.2, 0.25) is 0 Å². The molecule has 1 aliphatic carbocycles. The summed E-state index contributed by atoms with van der Waals surface area (Å²) in [5.74, 6) is 1.80. The lowest BCUT2D eigenvalue weighted by molar-refractivity contribution is 0.415. The number of hydrogen-bond donors (Lipinski definition) is 1. The maximum absolute atomic E-state index is 5.28. The highest BCUT2D eigenvalue weighted by Gasteiger charge is 2.20. The van der Waals surface area contributed by atoms with E-state index in [-0.39, 0.29) is 0 Å². The summed E-state index contributed by atoms with van der Waals surface area (Å²) in [4.78, 5) is 6.80. The summed E-state index contributed by atoms with van der Waals surface area (Å²) in [5, 5.41) is 3.50. The van der Waals surface area contributed by atoms with Crippen LogP contribution in [0, 0.1) is 0 Å². The van der Waals surface area contributed by atoms with Crippen LogP contribution in [0.1, 0.15) is 18.5 Å². The highest BCUT2D eigenvalue weighted by molar-refractivity contribution is 5.60. The number of benzene rings is 1. The molecule has 0 aliphatic heterocycles. The van der Waals surface area contributed by atoms with Gasteiger partial charge in [-0.1, -0.05) is 12.1 Å². The van der Waals surface area contributed by atoms with Gasteiger partial charge < -0.3 is 15.0 Å². The Kier molecular flexibility index (Phi) is 4.06. The molecule has 0 amide bonds. The Morgan fingerprint density at radius 3 is 2.81 bits per heavy atom. The van der Waals surface area contributed by atoms with Gasteiger partial charge in [-0.3, -0.25) is 0 Å². The zero-order valence-electron chi connectivity index (χ0n) is 12.5. The van der Waals surface area contributed by atoms with Gasteiger partial charge in [0.1, 0.15) is 11.6 Å². The highest BCUT2D eigenvalue weighted by Crippen LogP contribution is 2.25. The third kappa shape index (κ3) is 3.52. The molecule has 0 bridgehead atoms. The Hall–Kier alpha value is -2.07. The van der Waals surface area contributed by atoms with Crippen LogP contribution in [0.3, 0.4) is 0 Å². The Bertz CT molecular complexity index is 610. The molecule has 4 heteroatoms. The van der Waals surface area contributed by atoms with E-state index in [1.807, 2.05) is 31.3 Å². The average Bonchev–Trinajstić information content (AvgIpc) is 3.37. The zero-order chi connectivity index (χ0) is 14.7. The minimum Gasteiger partial charge on any atom is -0.497 e. The lowest BCUT2D eigenvalue weighted by Gasteiger charge is -2.19. The van der Waals surface area contributed by atoms with E-state index >= 15 is 0 Å². The minimum atomic E-state index is 0.701. The maximum atomic E-state index is 5.28. The number of nitrogens with one attached hydrogen (secondary N) is 1. The monoisotopic (exact) mass is 283 g/mol. The predicted molar refractivity (Wildman–Crippen MR) is 85.2 cm³/mol. The second-order valence-electron chi connectivity index (χ2n) is 5.40.